The Kier molecular flexibility index (Phi) is 8.10. The third-order valence-corrected chi connectivity index (χ3v) is 4.32. The molecular weight excluding hydrogens is 403 g/mol. The Morgan fingerprint density at radius 3 is 2.46 bits per heavy atom. The van der Waals surface area contributed by atoms with Crippen LogP contribution in [-0.4, -0.2) is 30.9 Å². The third-order valence-electron chi connectivity index (χ3n) is 3.73. The quantitative estimate of drug-likeness (QED) is 0.524. The Morgan fingerprint density at radius 2 is 1.75 bits per heavy atom. The van der Waals surface area contributed by atoms with Gasteiger partial charge in [0.05, 0.1) is 0 Å². The molecule has 0 aliphatic heterocycles. The van der Waals surface area contributed by atoms with Gasteiger partial charge < -0.3 is 21.7 Å². The summed E-state index contributed by atoms with van der Waals surface area (Å²) in [6, 6.07) is 11.2. The van der Waals surface area contributed by atoms with Crippen molar-refractivity contribution in [3.8, 4) is 0 Å². The van der Waals surface area contributed by atoms with Gasteiger partial charge in [0.2, 0.25) is 5.91 Å². The standard InChI is InChI=1S/C19H20Cl2N4O3/c20-14-5-4-12(16(21)11-14)6-8-24-19(28)25-15-3-1-2-13(10-15)18(27)23-9-7-17(22)26/h1-5,10-11H,6-9H2,(H2,22,26)(H,23,27)(H2,24,25,28). The molecule has 0 atom stereocenters. The summed E-state index contributed by atoms with van der Waals surface area (Å²) in [5.74, 6) is -0.852. The maximum atomic E-state index is 12.0. The van der Waals surface area contributed by atoms with Crippen molar-refractivity contribution in [3.63, 3.8) is 0 Å². The monoisotopic (exact) mass is 422 g/mol. The number of carbonyl (C=O) groups excluding carboxylic acids is 3. The molecule has 9 heteroatoms. The van der Waals surface area contributed by atoms with Crippen molar-refractivity contribution < 1.29 is 14.4 Å². The zero-order valence-electron chi connectivity index (χ0n) is 14.9. The minimum Gasteiger partial charge on any atom is -0.370 e. The van der Waals surface area contributed by atoms with Gasteiger partial charge in [-0.15, -0.1) is 0 Å². The molecule has 0 radical (unpaired) electrons. The van der Waals surface area contributed by atoms with Crippen molar-refractivity contribution in [1.29, 1.82) is 0 Å². The predicted octanol–water partition coefficient (Wildman–Crippen LogP) is 2.96. The molecule has 0 aliphatic rings. The summed E-state index contributed by atoms with van der Waals surface area (Å²) in [6.45, 7) is 0.528. The smallest absolute Gasteiger partial charge is 0.319 e. The summed E-state index contributed by atoms with van der Waals surface area (Å²) < 4.78 is 0. The Hall–Kier alpha value is -2.77. The number of benzene rings is 2. The number of hydrogen-bond donors (Lipinski definition) is 4. The lowest BCUT2D eigenvalue weighted by molar-refractivity contribution is -0.117. The van der Waals surface area contributed by atoms with Crippen LogP contribution >= 0.6 is 23.2 Å². The Morgan fingerprint density at radius 1 is 0.964 bits per heavy atom. The number of nitrogens with two attached hydrogens (primary N) is 1. The molecule has 148 valence electrons. The van der Waals surface area contributed by atoms with E-state index in [0.29, 0.717) is 34.3 Å². The van der Waals surface area contributed by atoms with Gasteiger partial charge in [0.15, 0.2) is 0 Å². The molecule has 2 rings (SSSR count). The molecule has 0 fully saturated rings. The van der Waals surface area contributed by atoms with E-state index in [4.69, 9.17) is 28.9 Å². The molecule has 5 N–H and O–H groups in total. The molecule has 28 heavy (non-hydrogen) atoms. The van der Waals surface area contributed by atoms with Crippen LogP contribution in [0.3, 0.4) is 0 Å². The molecule has 2 aromatic rings. The highest BCUT2D eigenvalue weighted by Gasteiger charge is 2.08. The summed E-state index contributed by atoms with van der Waals surface area (Å²) in [6.07, 6.45) is 0.607. The van der Waals surface area contributed by atoms with Crippen LogP contribution in [0.25, 0.3) is 0 Å². The van der Waals surface area contributed by atoms with Crippen molar-refractivity contribution in [2.75, 3.05) is 18.4 Å². The van der Waals surface area contributed by atoms with E-state index in [1.807, 2.05) is 6.07 Å². The first-order valence-corrected chi connectivity index (χ1v) is 9.26. The molecule has 0 saturated heterocycles. The molecule has 0 heterocycles. The summed E-state index contributed by atoms with van der Waals surface area (Å²) in [4.78, 5) is 34.8. The van der Waals surface area contributed by atoms with Gasteiger partial charge in [-0.2, -0.15) is 0 Å². The van der Waals surface area contributed by atoms with Gasteiger partial charge in [-0.25, -0.2) is 4.79 Å². The Bertz CT molecular complexity index is 874. The van der Waals surface area contributed by atoms with Crippen molar-refractivity contribution >= 4 is 46.7 Å². The summed E-state index contributed by atoms with van der Waals surface area (Å²) in [5.41, 5.74) is 6.73. The molecule has 0 aliphatic carbocycles. The lowest BCUT2D eigenvalue weighted by Gasteiger charge is -2.10. The van der Waals surface area contributed by atoms with E-state index >= 15 is 0 Å². The SMILES string of the molecule is NC(=O)CCNC(=O)c1cccc(NC(=O)NCCc2ccc(Cl)cc2Cl)c1. The van der Waals surface area contributed by atoms with Crippen LogP contribution < -0.4 is 21.7 Å². The second kappa shape index (κ2) is 10.5. The zero-order valence-corrected chi connectivity index (χ0v) is 16.4. The van der Waals surface area contributed by atoms with Crippen LogP contribution in [0.1, 0.15) is 22.3 Å². The minimum atomic E-state index is -0.493. The van der Waals surface area contributed by atoms with Gasteiger partial charge in [-0.1, -0.05) is 35.3 Å². The molecule has 0 bridgehead atoms. The summed E-state index contributed by atoms with van der Waals surface area (Å²) in [5, 5.41) is 9.07. The number of carbonyl (C=O) groups is 3. The topological polar surface area (TPSA) is 113 Å². The van der Waals surface area contributed by atoms with Gasteiger partial charge in [-0.3, -0.25) is 9.59 Å². The van der Waals surface area contributed by atoms with Crippen molar-refractivity contribution in [2.45, 2.75) is 12.8 Å². The molecule has 0 aromatic heterocycles. The molecule has 4 amide bonds. The molecule has 0 spiro atoms. The number of hydrogen-bond acceptors (Lipinski definition) is 3. The summed E-state index contributed by atoms with van der Waals surface area (Å²) in [7, 11) is 0. The first kappa shape index (κ1) is 21.5. The predicted molar refractivity (Wildman–Crippen MR) is 110 cm³/mol. The van der Waals surface area contributed by atoms with Crippen molar-refractivity contribution in [2.24, 2.45) is 5.73 Å². The third kappa shape index (κ3) is 7.09. The van der Waals surface area contributed by atoms with Gasteiger partial charge >= 0.3 is 6.03 Å². The largest absolute Gasteiger partial charge is 0.370 e. The molecular formula is C19H20Cl2N4O3. The average molecular weight is 423 g/mol. The number of nitrogens with one attached hydrogen (secondary N) is 3. The number of urea groups is 1. The normalized spacial score (nSPS) is 10.2. The van der Waals surface area contributed by atoms with E-state index in [2.05, 4.69) is 16.0 Å². The zero-order chi connectivity index (χ0) is 20.5. The minimum absolute atomic E-state index is 0.0592. The van der Waals surface area contributed by atoms with E-state index in [-0.39, 0.29) is 18.9 Å². The average Bonchev–Trinajstić information content (AvgIpc) is 2.63. The van der Waals surface area contributed by atoms with Gasteiger partial charge in [0.25, 0.3) is 5.91 Å². The van der Waals surface area contributed by atoms with Crippen molar-refractivity contribution in [1.82, 2.24) is 10.6 Å². The number of amides is 4. The highest BCUT2D eigenvalue weighted by Crippen LogP contribution is 2.21. The number of anilines is 1. The van der Waals surface area contributed by atoms with Crippen molar-refractivity contribution in [3.05, 3.63) is 63.6 Å². The Balaban J connectivity index is 1.83. The molecule has 0 saturated carbocycles. The maximum absolute atomic E-state index is 12.0. The van der Waals surface area contributed by atoms with E-state index in [9.17, 15) is 14.4 Å². The van der Waals surface area contributed by atoms with Crippen LogP contribution in [0.4, 0.5) is 10.5 Å². The first-order valence-electron chi connectivity index (χ1n) is 8.50. The van der Waals surface area contributed by atoms with E-state index in [1.165, 1.54) is 6.07 Å². The fraction of sp³-hybridized carbons (Fsp3) is 0.211. The fourth-order valence-corrected chi connectivity index (χ4v) is 2.85. The second-order valence-electron chi connectivity index (χ2n) is 5.92. The highest BCUT2D eigenvalue weighted by atomic mass is 35.5. The van der Waals surface area contributed by atoms with Crippen LogP contribution in [0.15, 0.2) is 42.5 Å². The number of rotatable bonds is 8. The number of halogens is 2. The molecule has 0 unspecified atom stereocenters. The maximum Gasteiger partial charge on any atom is 0.319 e. The number of primary amides is 1. The Labute approximate surface area is 172 Å². The van der Waals surface area contributed by atoms with Crippen LogP contribution in [0.5, 0.6) is 0 Å². The van der Waals surface area contributed by atoms with Crippen LogP contribution in [0, 0.1) is 0 Å². The second-order valence-corrected chi connectivity index (χ2v) is 6.76. The van der Waals surface area contributed by atoms with Crippen LogP contribution in [-0.2, 0) is 11.2 Å². The van der Waals surface area contributed by atoms with Gasteiger partial charge in [0.1, 0.15) is 0 Å². The molecule has 7 nitrogen and oxygen atoms in total. The lowest BCUT2D eigenvalue weighted by Crippen LogP contribution is -2.31. The van der Waals surface area contributed by atoms with E-state index < -0.39 is 11.9 Å². The summed E-state index contributed by atoms with van der Waals surface area (Å²) >= 11 is 12.0. The van der Waals surface area contributed by atoms with Gasteiger partial charge in [-0.05, 0) is 42.3 Å². The van der Waals surface area contributed by atoms with E-state index in [0.717, 1.165) is 5.56 Å². The highest BCUT2D eigenvalue weighted by molar-refractivity contribution is 6.35. The lowest BCUT2D eigenvalue weighted by atomic mass is 10.1. The molecule has 2 aromatic carbocycles. The van der Waals surface area contributed by atoms with Crippen LogP contribution in [0.2, 0.25) is 10.0 Å². The van der Waals surface area contributed by atoms with E-state index in [1.54, 1.807) is 30.3 Å². The van der Waals surface area contributed by atoms with Gasteiger partial charge in [0, 0.05) is 40.8 Å². The fourth-order valence-electron chi connectivity index (χ4n) is 2.35. The first-order chi connectivity index (χ1) is 13.3.